The maximum atomic E-state index is 13.9. The van der Waals surface area contributed by atoms with Gasteiger partial charge in [0.1, 0.15) is 24.0 Å². The van der Waals surface area contributed by atoms with Crippen LogP contribution in [0.5, 0.6) is 0 Å². The fraction of sp³-hybridized carbons (Fsp3) is 0.565. The molecule has 2 saturated heterocycles. The van der Waals surface area contributed by atoms with Gasteiger partial charge in [0, 0.05) is 6.42 Å². The smallest absolute Gasteiger partial charge is 0.330 e. The zero-order valence-corrected chi connectivity index (χ0v) is 20.2. The number of aryl methyl sites for hydroxylation is 1. The second-order valence-electron chi connectivity index (χ2n) is 8.45. The van der Waals surface area contributed by atoms with E-state index in [1.165, 1.54) is 0 Å². The Kier molecular flexibility index (Phi) is 9.38. The molecule has 3 unspecified atom stereocenters. The van der Waals surface area contributed by atoms with E-state index in [2.05, 4.69) is 16.0 Å². The van der Waals surface area contributed by atoms with Crippen LogP contribution in [-0.2, 0) is 39.4 Å². The van der Waals surface area contributed by atoms with E-state index in [0.717, 1.165) is 12.0 Å². The van der Waals surface area contributed by atoms with E-state index >= 15 is 0 Å². The number of hydrogen-bond acceptors (Lipinski definition) is 8. The van der Waals surface area contributed by atoms with E-state index in [4.69, 9.17) is 9.26 Å². The summed E-state index contributed by atoms with van der Waals surface area (Å²) in [5.74, 6) is -3.36. The fourth-order valence-corrected chi connectivity index (χ4v) is 6.34. The van der Waals surface area contributed by atoms with Gasteiger partial charge in [-0.15, -0.1) is 0 Å². The van der Waals surface area contributed by atoms with Crippen molar-refractivity contribution >= 4 is 31.1 Å². The number of carbonyl (C=O) groups excluding carboxylic acids is 4. The first-order chi connectivity index (χ1) is 16.3. The lowest BCUT2D eigenvalue weighted by molar-refractivity contribution is -0.159. The first-order valence-corrected chi connectivity index (χ1v) is 13.5. The average Bonchev–Trinajstić information content (AvgIpc) is 3.49. The maximum Gasteiger partial charge on any atom is 0.330 e. The van der Waals surface area contributed by atoms with Crippen LogP contribution in [0.4, 0.5) is 0 Å². The van der Waals surface area contributed by atoms with Crippen LogP contribution in [0.15, 0.2) is 30.3 Å². The fourth-order valence-electron chi connectivity index (χ4n) is 4.14. The van der Waals surface area contributed by atoms with Crippen molar-refractivity contribution in [3.8, 4) is 0 Å². The summed E-state index contributed by atoms with van der Waals surface area (Å²) < 4.78 is 24.4. The monoisotopic (exact) mass is 493 g/mol. The summed E-state index contributed by atoms with van der Waals surface area (Å²) in [6.07, 6.45) is 2.00. The lowest BCUT2D eigenvalue weighted by Crippen LogP contribution is -2.46. The summed E-state index contributed by atoms with van der Waals surface area (Å²) in [6.45, 7) is 2.34. The molecular weight excluding hydrogens is 461 g/mol. The molecule has 3 N–H and O–H groups in total. The lowest BCUT2D eigenvalue weighted by atomic mass is 10.1. The van der Waals surface area contributed by atoms with Crippen LogP contribution in [0.25, 0.3) is 0 Å². The van der Waals surface area contributed by atoms with Crippen molar-refractivity contribution in [2.75, 3.05) is 19.3 Å². The van der Waals surface area contributed by atoms with Crippen LogP contribution in [0.3, 0.4) is 0 Å². The molecule has 0 aliphatic carbocycles. The molecule has 0 radical (unpaired) electrons. The van der Waals surface area contributed by atoms with Gasteiger partial charge < -0.3 is 25.2 Å². The highest BCUT2D eigenvalue weighted by Gasteiger charge is 2.40. The van der Waals surface area contributed by atoms with Gasteiger partial charge in [0.2, 0.25) is 19.2 Å². The highest BCUT2D eigenvalue weighted by atomic mass is 31.2. The Labute approximate surface area is 199 Å². The Morgan fingerprint density at radius 3 is 2.56 bits per heavy atom. The first-order valence-electron chi connectivity index (χ1n) is 11.7. The quantitative estimate of drug-likeness (QED) is 0.239. The van der Waals surface area contributed by atoms with E-state index in [9.17, 15) is 23.7 Å². The van der Waals surface area contributed by atoms with E-state index in [1.807, 2.05) is 30.3 Å². The van der Waals surface area contributed by atoms with Gasteiger partial charge in [0.15, 0.2) is 0 Å². The van der Waals surface area contributed by atoms with Crippen molar-refractivity contribution in [3.63, 3.8) is 0 Å². The standard InChI is InChI=1S/C23H32N3O7P/c1-2-32-34(31,15-21(28)33-23(30)18-9-6-14-24-18)20(13-10-16-7-4-3-5-8-16)26-22(29)17-11-12-19(27)25-17/h3-5,7-8,17-18,20,24H,2,6,9-15H2,1H3,(H,25,27)(H,26,29)/t17?,18-,20?,34?/m0/s1. The third-order valence-electron chi connectivity index (χ3n) is 5.90. The molecule has 1 aromatic rings. The van der Waals surface area contributed by atoms with Crippen molar-refractivity contribution < 1.29 is 33.0 Å². The lowest BCUT2D eigenvalue weighted by Gasteiger charge is -2.28. The Morgan fingerprint density at radius 1 is 1.18 bits per heavy atom. The molecule has 3 rings (SSSR count). The molecule has 0 bridgehead atoms. The molecule has 10 nitrogen and oxygen atoms in total. The van der Waals surface area contributed by atoms with Gasteiger partial charge in [-0.1, -0.05) is 30.3 Å². The number of rotatable bonds is 11. The van der Waals surface area contributed by atoms with Gasteiger partial charge in [0.25, 0.3) is 0 Å². The molecule has 0 aromatic heterocycles. The topological polar surface area (TPSA) is 140 Å². The van der Waals surface area contributed by atoms with Gasteiger partial charge in [-0.25, -0.2) is 4.79 Å². The molecule has 34 heavy (non-hydrogen) atoms. The number of amides is 2. The number of carbonyl (C=O) groups is 4. The Morgan fingerprint density at radius 2 is 1.94 bits per heavy atom. The normalized spacial score (nSPS) is 22.4. The first kappa shape index (κ1) is 26.1. The van der Waals surface area contributed by atoms with Crippen molar-refractivity contribution in [2.24, 2.45) is 0 Å². The van der Waals surface area contributed by atoms with E-state index < -0.39 is 49.2 Å². The minimum Gasteiger partial charge on any atom is -0.392 e. The van der Waals surface area contributed by atoms with Crippen LogP contribution >= 0.6 is 7.37 Å². The molecule has 4 atom stereocenters. The highest BCUT2D eigenvalue weighted by Crippen LogP contribution is 2.52. The molecule has 0 saturated carbocycles. The van der Waals surface area contributed by atoms with Crippen molar-refractivity contribution in [1.82, 2.24) is 16.0 Å². The third-order valence-corrected chi connectivity index (χ3v) is 8.63. The van der Waals surface area contributed by atoms with Crippen molar-refractivity contribution in [1.29, 1.82) is 0 Å². The van der Waals surface area contributed by atoms with E-state index in [-0.39, 0.29) is 25.4 Å². The van der Waals surface area contributed by atoms with Crippen LogP contribution in [0.1, 0.15) is 44.6 Å². The van der Waals surface area contributed by atoms with Gasteiger partial charge in [0.05, 0.1) is 6.61 Å². The van der Waals surface area contributed by atoms with Gasteiger partial charge in [-0.05, 0) is 51.1 Å². The second-order valence-corrected chi connectivity index (χ2v) is 11.1. The predicted molar refractivity (Wildman–Crippen MR) is 124 cm³/mol. The van der Waals surface area contributed by atoms with Crippen LogP contribution in [0, 0.1) is 0 Å². The van der Waals surface area contributed by atoms with E-state index in [0.29, 0.717) is 25.8 Å². The Bertz CT molecular complexity index is 934. The molecule has 186 valence electrons. The highest BCUT2D eigenvalue weighted by molar-refractivity contribution is 7.60. The second kappa shape index (κ2) is 12.2. The maximum absolute atomic E-state index is 13.9. The zero-order valence-electron chi connectivity index (χ0n) is 19.3. The third kappa shape index (κ3) is 7.22. The van der Waals surface area contributed by atoms with Gasteiger partial charge in [-0.2, -0.15) is 0 Å². The van der Waals surface area contributed by atoms with Crippen molar-refractivity contribution in [3.05, 3.63) is 35.9 Å². The summed E-state index contributed by atoms with van der Waals surface area (Å²) in [4.78, 5) is 49.2. The molecule has 2 amide bonds. The van der Waals surface area contributed by atoms with Crippen molar-refractivity contribution in [2.45, 2.75) is 63.3 Å². The summed E-state index contributed by atoms with van der Waals surface area (Å²) in [5, 5.41) is 8.29. The SMILES string of the molecule is CCOP(=O)(CC(=O)OC(=O)[C@@H]1CCCN1)C(CCc1ccccc1)NC(=O)C1CCC(=O)N1. The number of esters is 2. The largest absolute Gasteiger partial charge is 0.392 e. The molecule has 11 heteroatoms. The molecule has 2 aliphatic rings. The molecular formula is C23H32N3O7P. The van der Waals surface area contributed by atoms with Gasteiger partial charge >= 0.3 is 11.9 Å². The summed E-state index contributed by atoms with van der Waals surface area (Å²) in [7, 11) is -3.81. The predicted octanol–water partition coefficient (Wildman–Crippen LogP) is 1.48. The van der Waals surface area contributed by atoms with Crippen LogP contribution in [0.2, 0.25) is 0 Å². The Hall–Kier alpha value is -2.55. The zero-order chi connectivity index (χ0) is 24.6. The van der Waals surface area contributed by atoms with Crippen LogP contribution in [-0.4, -0.2) is 60.9 Å². The molecule has 2 heterocycles. The minimum atomic E-state index is -3.81. The van der Waals surface area contributed by atoms with Crippen LogP contribution < -0.4 is 16.0 Å². The number of ether oxygens (including phenoxy) is 1. The summed E-state index contributed by atoms with van der Waals surface area (Å²) in [6, 6.07) is 8.15. The number of benzene rings is 1. The minimum absolute atomic E-state index is 0.0422. The average molecular weight is 493 g/mol. The Balaban J connectivity index is 1.73. The molecule has 1 aromatic carbocycles. The molecule has 2 fully saturated rings. The summed E-state index contributed by atoms with van der Waals surface area (Å²) in [5.41, 5.74) is 0.962. The van der Waals surface area contributed by atoms with E-state index in [1.54, 1.807) is 6.92 Å². The molecule has 2 aliphatic heterocycles. The molecule has 0 spiro atoms. The number of nitrogens with one attached hydrogen (secondary N) is 3. The van der Waals surface area contributed by atoms with Gasteiger partial charge in [-0.3, -0.25) is 18.9 Å². The summed E-state index contributed by atoms with van der Waals surface area (Å²) >= 11 is 0. The number of hydrogen-bond donors (Lipinski definition) is 3.